The van der Waals surface area contributed by atoms with Crippen LogP contribution in [0, 0.1) is 5.82 Å². The summed E-state index contributed by atoms with van der Waals surface area (Å²) in [6, 6.07) is 2.75. The minimum Gasteiger partial charge on any atom is -0.319 e. The molecule has 0 bridgehead atoms. The molecule has 0 saturated carbocycles. The van der Waals surface area contributed by atoms with E-state index < -0.39 is 11.9 Å². The summed E-state index contributed by atoms with van der Waals surface area (Å²) in [7, 11) is 0. The highest BCUT2D eigenvalue weighted by Gasteiger charge is 2.17. The van der Waals surface area contributed by atoms with Gasteiger partial charge in [0.1, 0.15) is 5.82 Å². The highest BCUT2D eigenvalue weighted by atomic mass is 79.9. The molecule has 2 heterocycles. The predicted octanol–water partition coefficient (Wildman–Crippen LogP) is 3.19. The van der Waals surface area contributed by atoms with Crippen molar-refractivity contribution < 1.29 is 4.39 Å². The Kier molecular flexibility index (Phi) is 3.86. The van der Waals surface area contributed by atoms with E-state index in [-0.39, 0.29) is 0 Å². The molecule has 0 aliphatic rings. The largest absolute Gasteiger partial charge is 0.319 e. The fraction of sp³-hybridized carbons (Fsp3) is 0.0909. The lowest BCUT2D eigenvalue weighted by Gasteiger charge is -2.13. The fourth-order valence-electron chi connectivity index (χ4n) is 1.44. The highest BCUT2D eigenvalue weighted by molar-refractivity contribution is 9.11. The van der Waals surface area contributed by atoms with E-state index in [1.807, 2.05) is 6.07 Å². The summed E-state index contributed by atoms with van der Waals surface area (Å²) in [4.78, 5) is 7.88. The van der Waals surface area contributed by atoms with Crippen LogP contribution in [0.25, 0.3) is 0 Å². The SMILES string of the molecule is NC(c1ccncc1F)c1ncc(Br)cc1Br. The average molecular weight is 361 g/mol. The maximum absolute atomic E-state index is 13.5. The zero-order chi connectivity index (χ0) is 12.4. The van der Waals surface area contributed by atoms with Gasteiger partial charge in [0.25, 0.3) is 0 Å². The zero-order valence-corrected chi connectivity index (χ0v) is 11.7. The second-order valence-corrected chi connectivity index (χ2v) is 5.17. The molecular formula is C11H8Br2FN3. The van der Waals surface area contributed by atoms with Crippen LogP contribution in [0.15, 0.2) is 39.7 Å². The van der Waals surface area contributed by atoms with E-state index in [4.69, 9.17) is 5.73 Å². The van der Waals surface area contributed by atoms with E-state index >= 15 is 0 Å². The number of hydrogen-bond acceptors (Lipinski definition) is 3. The molecule has 0 aliphatic carbocycles. The molecule has 3 nitrogen and oxygen atoms in total. The third-order valence-electron chi connectivity index (χ3n) is 2.27. The van der Waals surface area contributed by atoms with Crippen molar-refractivity contribution in [1.29, 1.82) is 0 Å². The molecule has 2 aromatic heterocycles. The van der Waals surface area contributed by atoms with Crippen molar-refractivity contribution in [3.05, 3.63) is 56.7 Å². The van der Waals surface area contributed by atoms with E-state index in [0.29, 0.717) is 11.3 Å². The van der Waals surface area contributed by atoms with Crippen LogP contribution in [-0.2, 0) is 0 Å². The molecule has 2 rings (SSSR count). The van der Waals surface area contributed by atoms with Gasteiger partial charge in [0.2, 0.25) is 0 Å². The smallest absolute Gasteiger partial charge is 0.146 e. The Morgan fingerprint density at radius 2 is 2.06 bits per heavy atom. The standard InChI is InChI=1S/C11H8Br2FN3/c12-6-3-8(13)11(17-4-6)10(15)7-1-2-16-5-9(7)14/h1-5,10H,15H2. The first-order valence-electron chi connectivity index (χ1n) is 4.75. The third kappa shape index (κ3) is 2.70. The first-order chi connectivity index (χ1) is 8.09. The first-order valence-corrected chi connectivity index (χ1v) is 6.34. The molecule has 0 aromatic carbocycles. The van der Waals surface area contributed by atoms with Gasteiger partial charge in [0.15, 0.2) is 0 Å². The van der Waals surface area contributed by atoms with Crippen LogP contribution in [0.3, 0.4) is 0 Å². The van der Waals surface area contributed by atoms with Crippen LogP contribution in [-0.4, -0.2) is 9.97 Å². The summed E-state index contributed by atoms with van der Waals surface area (Å²) in [5.74, 6) is -0.434. The molecule has 0 radical (unpaired) electrons. The van der Waals surface area contributed by atoms with E-state index in [1.165, 1.54) is 6.20 Å². The normalized spacial score (nSPS) is 12.5. The first kappa shape index (κ1) is 12.6. The molecule has 88 valence electrons. The van der Waals surface area contributed by atoms with Gasteiger partial charge >= 0.3 is 0 Å². The summed E-state index contributed by atoms with van der Waals surface area (Å²) in [5.41, 5.74) is 6.95. The van der Waals surface area contributed by atoms with Crippen molar-refractivity contribution in [1.82, 2.24) is 9.97 Å². The second kappa shape index (κ2) is 5.20. The van der Waals surface area contributed by atoms with Crippen molar-refractivity contribution in [3.63, 3.8) is 0 Å². The molecule has 17 heavy (non-hydrogen) atoms. The number of nitrogens with two attached hydrogens (primary N) is 1. The Balaban J connectivity index is 2.44. The molecule has 0 aliphatic heterocycles. The number of halogens is 3. The van der Waals surface area contributed by atoms with Crippen LogP contribution in [0.5, 0.6) is 0 Å². The minimum absolute atomic E-state index is 0.371. The van der Waals surface area contributed by atoms with E-state index in [2.05, 4.69) is 41.8 Å². The van der Waals surface area contributed by atoms with Gasteiger partial charge in [-0.15, -0.1) is 0 Å². The summed E-state index contributed by atoms with van der Waals surface area (Å²) < 4.78 is 15.1. The monoisotopic (exact) mass is 359 g/mol. The van der Waals surface area contributed by atoms with Gasteiger partial charge in [-0.25, -0.2) is 4.39 Å². The number of nitrogens with zero attached hydrogens (tertiary/aromatic N) is 2. The van der Waals surface area contributed by atoms with Gasteiger partial charge in [-0.05, 0) is 44.0 Å². The lowest BCUT2D eigenvalue weighted by molar-refractivity contribution is 0.590. The molecule has 0 spiro atoms. The second-order valence-electron chi connectivity index (χ2n) is 3.40. The molecule has 1 atom stereocenters. The topological polar surface area (TPSA) is 51.8 Å². The molecule has 1 unspecified atom stereocenters. The van der Waals surface area contributed by atoms with Crippen LogP contribution in [0.1, 0.15) is 17.3 Å². The summed E-state index contributed by atoms with van der Waals surface area (Å²) in [6.07, 6.45) is 4.27. The Labute approximate surface area is 115 Å². The molecule has 0 fully saturated rings. The fourth-order valence-corrected chi connectivity index (χ4v) is 2.67. The highest BCUT2D eigenvalue weighted by Crippen LogP contribution is 2.28. The zero-order valence-electron chi connectivity index (χ0n) is 8.57. The number of hydrogen-bond donors (Lipinski definition) is 1. The predicted molar refractivity (Wildman–Crippen MR) is 69.9 cm³/mol. The molecule has 2 aromatic rings. The Morgan fingerprint density at radius 3 is 2.71 bits per heavy atom. The van der Waals surface area contributed by atoms with Gasteiger partial charge in [-0.3, -0.25) is 9.97 Å². The Bertz CT molecular complexity index is 548. The van der Waals surface area contributed by atoms with Crippen molar-refractivity contribution in [2.45, 2.75) is 6.04 Å². The van der Waals surface area contributed by atoms with Gasteiger partial charge in [-0.1, -0.05) is 0 Å². The average Bonchev–Trinajstić information content (AvgIpc) is 2.29. The quantitative estimate of drug-likeness (QED) is 0.894. The van der Waals surface area contributed by atoms with Gasteiger partial charge in [0.05, 0.1) is 17.9 Å². The van der Waals surface area contributed by atoms with Gasteiger partial charge < -0.3 is 5.73 Å². The summed E-state index contributed by atoms with van der Waals surface area (Å²) in [6.45, 7) is 0. The van der Waals surface area contributed by atoms with Crippen LogP contribution in [0.2, 0.25) is 0 Å². The van der Waals surface area contributed by atoms with Gasteiger partial charge in [-0.2, -0.15) is 0 Å². The molecule has 2 N–H and O–H groups in total. The van der Waals surface area contributed by atoms with Crippen molar-refractivity contribution in [3.8, 4) is 0 Å². The van der Waals surface area contributed by atoms with Crippen LogP contribution >= 0.6 is 31.9 Å². The van der Waals surface area contributed by atoms with Crippen molar-refractivity contribution in [2.24, 2.45) is 5.73 Å². The van der Waals surface area contributed by atoms with E-state index in [1.54, 1.807) is 12.3 Å². The minimum atomic E-state index is -0.625. The molecular weight excluding hydrogens is 353 g/mol. The Morgan fingerprint density at radius 1 is 1.29 bits per heavy atom. The molecule has 6 heteroatoms. The summed E-state index contributed by atoms with van der Waals surface area (Å²) in [5, 5.41) is 0. The van der Waals surface area contributed by atoms with E-state index in [9.17, 15) is 4.39 Å². The number of rotatable bonds is 2. The Hall–Kier alpha value is -0.850. The van der Waals surface area contributed by atoms with E-state index in [0.717, 1.165) is 15.1 Å². The van der Waals surface area contributed by atoms with Gasteiger partial charge in [0, 0.05) is 26.9 Å². The maximum Gasteiger partial charge on any atom is 0.146 e. The lowest BCUT2D eigenvalue weighted by atomic mass is 10.1. The maximum atomic E-state index is 13.5. The third-order valence-corrected chi connectivity index (χ3v) is 3.34. The van der Waals surface area contributed by atoms with Crippen molar-refractivity contribution >= 4 is 31.9 Å². The van der Waals surface area contributed by atoms with Crippen molar-refractivity contribution in [2.75, 3.05) is 0 Å². The summed E-state index contributed by atoms with van der Waals surface area (Å²) >= 11 is 6.66. The molecule has 0 amide bonds. The number of aromatic nitrogens is 2. The lowest BCUT2D eigenvalue weighted by Crippen LogP contribution is -2.16. The molecule has 0 saturated heterocycles. The van der Waals surface area contributed by atoms with Crippen LogP contribution < -0.4 is 5.73 Å². The number of pyridine rings is 2. The van der Waals surface area contributed by atoms with Crippen LogP contribution in [0.4, 0.5) is 4.39 Å².